The highest BCUT2D eigenvalue weighted by Crippen LogP contribution is 2.36. The Hall–Kier alpha value is -1.42. The van der Waals surface area contributed by atoms with Gasteiger partial charge in [0.2, 0.25) is 5.75 Å². The number of carbonyl (C=O) groups excluding carboxylic acids is 1. The number of hydrogen-bond acceptors (Lipinski definition) is 4. The second-order valence-corrected chi connectivity index (χ2v) is 2.66. The van der Waals surface area contributed by atoms with E-state index in [1.165, 1.54) is 13.2 Å². The van der Waals surface area contributed by atoms with Crippen LogP contribution in [0.2, 0.25) is 0 Å². The summed E-state index contributed by atoms with van der Waals surface area (Å²) in [7, 11) is 1.30. The Kier molecular flexibility index (Phi) is 2.63. The van der Waals surface area contributed by atoms with Crippen LogP contribution < -0.4 is 4.74 Å². The minimum Gasteiger partial charge on any atom is -0.504 e. The van der Waals surface area contributed by atoms with E-state index >= 15 is 0 Å². The summed E-state index contributed by atoms with van der Waals surface area (Å²) in [5.41, 5.74) is 0.0637. The van der Waals surface area contributed by atoms with Gasteiger partial charge in [0.25, 0.3) is 5.24 Å². The predicted molar refractivity (Wildman–Crippen MR) is 46.5 cm³/mol. The standard InChI is InChI=1S/C8H7ClO4/c1-13-6-3-4(8(9)12)2-5(10)7(6)11/h2-3,10-11H,1H3. The van der Waals surface area contributed by atoms with Gasteiger partial charge in [-0.25, -0.2) is 0 Å². The molecule has 0 aromatic heterocycles. The van der Waals surface area contributed by atoms with Crippen LogP contribution in [0.5, 0.6) is 17.2 Å². The molecule has 2 N–H and O–H groups in total. The van der Waals surface area contributed by atoms with Gasteiger partial charge in [-0.05, 0) is 23.7 Å². The number of benzene rings is 1. The first-order valence-electron chi connectivity index (χ1n) is 3.36. The molecule has 0 aliphatic carbocycles. The molecule has 0 amide bonds. The van der Waals surface area contributed by atoms with Crippen molar-refractivity contribution in [1.29, 1.82) is 0 Å². The molecule has 0 aliphatic rings. The fourth-order valence-corrected chi connectivity index (χ4v) is 0.971. The molecule has 0 unspecified atom stereocenters. The minimum atomic E-state index is -0.728. The Morgan fingerprint density at radius 3 is 2.54 bits per heavy atom. The largest absolute Gasteiger partial charge is 0.504 e. The van der Waals surface area contributed by atoms with E-state index in [0.717, 1.165) is 6.07 Å². The van der Waals surface area contributed by atoms with Crippen LogP contribution in [0.1, 0.15) is 10.4 Å². The number of aromatic hydroxyl groups is 2. The Morgan fingerprint density at radius 2 is 2.08 bits per heavy atom. The number of rotatable bonds is 2. The molecule has 1 aromatic carbocycles. The van der Waals surface area contributed by atoms with Crippen molar-refractivity contribution in [3.63, 3.8) is 0 Å². The molecule has 0 atom stereocenters. The molecule has 13 heavy (non-hydrogen) atoms. The van der Waals surface area contributed by atoms with Crippen LogP contribution in [0.15, 0.2) is 12.1 Å². The van der Waals surface area contributed by atoms with Crippen LogP contribution >= 0.6 is 11.6 Å². The molecule has 70 valence electrons. The molecule has 1 aromatic rings. The third kappa shape index (κ3) is 1.84. The third-order valence-electron chi connectivity index (χ3n) is 1.50. The number of phenolic OH excluding ortho intramolecular Hbond substituents is 2. The quantitative estimate of drug-likeness (QED) is 0.563. The number of hydrogen-bond donors (Lipinski definition) is 2. The topological polar surface area (TPSA) is 66.8 Å². The van der Waals surface area contributed by atoms with Gasteiger partial charge in [0.05, 0.1) is 7.11 Å². The van der Waals surface area contributed by atoms with Crippen LogP contribution in [0.4, 0.5) is 0 Å². The molecule has 5 heteroatoms. The molecule has 0 heterocycles. The highest BCUT2D eigenvalue weighted by molar-refractivity contribution is 6.67. The van der Waals surface area contributed by atoms with Gasteiger partial charge < -0.3 is 14.9 Å². The molecule has 4 nitrogen and oxygen atoms in total. The van der Waals surface area contributed by atoms with E-state index in [1.54, 1.807) is 0 Å². The average Bonchev–Trinajstić information content (AvgIpc) is 2.09. The van der Waals surface area contributed by atoms with Crippen molar-refractivity contribution in [3.05, 3.63) is 17.7 Å². The summed E-state index contributed by atoms with van der Waals surface area (Å²) in [5, 5.41) is 17.6. The second-order valence-electron chi connectivity index (χ2n) is 2.32. The van der Waals surface area contributed by atoms with Crippen molar-refractivity contribution in [2.45, 2.75) is 0 Å². The van der Waals surface area contributed by atoms with E-state index in [4.69, 9.17) is 21.4 Å². The van der Waals surface area contributed by atoms with Gasteiger partial charge in [0.15, 0.2) is 11.5 Å². The molecule has 0 fully saturated rings. The summed E-state index contributed by atoms with van der Waals surface area (Å²) in [6.07, 6.45) is 0. The van der Waals surface area contributed by atoms with Gasteiger partial charge in [-0.1, -0.05) is 0 Å². The maximum Gasteiger partial charge on any atom is 0.252 e. The smallest absolute Gasteiger partial charge is 0.252 e. The fourth-order valence-electron chi connectivity index (χ4n) is 0.862. The molecule has 1 rings (SSSR count). The lowest BCUT2D eigenvalue weighted by molar-refractivity contribution is 0.108. The maximum atomic E-state index is 10.7. The van der Waals surface area contributed by atoms with E-state index in [2.05, 4.69) is 0 Å². The van der Waals surface area contributed by atoms with Gasteiger partial charge in [-0.2, -0.15) is 0 Å². The average molecular weight is 203 g/mol. The van der Waals surface area contributed by atoms with Gasteiger partial charge in [0, 0.05) is 5.56 Å². The Bertz CT molecular complexity index is 348. The van der Waals surface area contributed by atoms with Crippen molar-refractivity contribution >= 4 is 16.8 Å². The van der Waals surface area contributed by atoms with E-state index in [1.807, 2.05) is 0 Å². The van der Waals surface area contributed by atoms with Crippen LogP contribution in [-0.2, 0) is 0 Å². The predicted octanol–water partition coefficient (Wildman–Crippen LogP) is 1.49. The highest BCUT2D eigenvalue weighted by atomic mass is 35.5. The molecular formula is C8H7ClO4. The summed E-state index contributed by atoms with van der Waals surface area (Å²) >= 11 is 5.17. The van der Waals surface area contributed by atoms with Crippen LogP contribution in [0.25, 0.3) is 0 Å². The second kappa shape index (κ2) is 3.53. The van der Waals surface area contributed by atoms with Gasteiger partial charge in [0.1, 0.15) is 0 Å². The highest BCUT2D eigenvalue weighted by Gasteiger charge is 2.12. The molecular weight excluding hydrogens is 196 g/mol. The van der Waals surface area contributed by atoms with E-state index < -0.39 is 16.7 Å². The monoisotopic (exact) mass is 202 g/mol. The number of methoxy groups -OCH3 is 1. The van der Waals surface area contributed by atoms with Gasteiger partial charge in [-0.3, -0.25) is 4.79 Å². The van der Waals surface area contributed by atoms with Crippen molar-refractivity contribution in [2.24, 2.45) is 0 Å². The minimum absolute atomic E-state index is 0.00370. The summed E-state index contributed by atoms with van der Waals surface area (Å²) in [4.78, 5) is 10.7. The molecule has 0 saturated carbocycles. The molecule has 0 saturated heterocycles. The first-order valence-corrected chi connectivity index (χ1v) is 3.74. The summed E-state index contributed by atoms with van der Waals surface area (Å²) in [6.45, 7) is 0. The lowest BCUT2D eigenvalue weighted by Gasteiger charge is -2.05. The first-order chi connectivity index (χ1) is 6.06. The zero-order valence-electron chi connectivity index (χ0n) is 6.74. The van der Waals surface area contributed by atoms with E-state index in [0.29, 0.717) is 0 Å². The number of carbonyl (C=O) groups is 1. The SMILES string of the molecule is COc1cc(C(=O)Cl)cc(O)c1O. The lowest BCUT2D eigenvalue weighted by atomic mass is 10.2. The molecule has 0 aliphatic heterocycles. The maximum absolute atomic E-state index is 10.7. The van der Waals surface area contributed by atoms with Crippen LogP contribution in [0, 0.1) is 0 Å². The van der Waals surface area contributed by atoms with E-state index in [-0.39, 0.29) is 11.3 Å². The summed E-state index contributed by atoms with van der Waals surface area (Å²) in [5.74, 6) is -0.850. The van der Waals surface area contributed by atoms with Gasteiger partial charge >= 0.3 is 0 Å². The van der Waals surface area contributed by atoms with Gasteiger partial charge in [-0.15, -0.1) is 0 Å². The summed E-state index contributed by atoms with van der Waals surface area (Å²) < 4.78 is 4.70. The third-order valence-corrected chi connectivity index (χ3v) is 1.72. The van der Waals surface area contributed by atoms with Crippen molar-refractivity contribution in [3.8, 4) is 17.2 Å². The van der Waals surface area contributed by atoms with Crippen molar-refractivity contribution < 1.29 is 19.7 Å². The normalized spacial score (nSPS) is 9.69. The Balaban J connectivity index is 3.30. The summed E-state index contributed by atoms with van der Waals surface area (Å²) in [6, 6.07) is 2.30. The van der Waals surface area contributed by atoms with Crippen molar-refractivity contribution in [1.82, 2.24) is 0 Å². The van der Waals surface area contributed by atoms with Crippen molar-refractivity contribution in [2.75, 3.05) is 7.11 Å². The molecule has 0 radical (unpaired) electrons. The lowest BCUT2D eigenvalue weighted by Crippen LogP contribution is -1.91. The molecule has 0 bridgehead atoms. The zero-order chi connectivity index (χ0) is 10.0. The Labute approximate surface area is 79.3 Å². The number of phenols is 2. The number of halogens is 1. The first kappa shape index (κ1) is 9.67. The Morgan fingerprint density at radius 1 is 1.46 bits per heavy atom. The fraction of sp³-hybridized carbons (Fsp3) is 0.125. The van der Waals surface area contributed by atoms with E-state index in [9.17, 15) is 9.90 Å². The van der Waals surface area contributed by atoms with Crippen LogP contribution in [-0.4, -0.2) is 22.6 Å². The zero-order valence-corrected chi connectivity index (χ0v) is 7.50. The molecule has 0 spiro atoms. The van der Waals surface area contributed by atoms with Crippen LogP contribution in [0.3, 0.4) is 0 Å². The number of ether oxygens (including phenoxy) is 1.